The van der Waals surface area contributed by atoms with Gasteiger partial charge in [-0.3, -0.25) is 9.59 Å². The minimum Gasteiger partial charge on any atom is -0.347 e. The molecule has 2 aliphatic rings. The van der Waals surface area contributed by atoms with Crippen LogP contribution in [0, 0.1) is 40.9 Å². The van der Waals surface area contributed by atoms with Crippen molar-refractivity contribution in [2.45, 2.75) is 39.3 Å². The summed E-state index contributed by atoms with van der Waals surface area (Å²) in [7, 11) is 0. The molecule has 1 aliphatic carbocycles. The molecule has 0 spiro atoms. The van der Waals surface area contributed by atoms with Crippen molar-refractivity contribution in [2.75, 3.05) is 11.4 Å². The van der Waals surface area contributed by atoms with Gasteiger partial charge >= 0.3 is 6.55 Å². The van der Waals surface area contributed by atoms with E-state index in [0.717, 1.165) is 12.8 Å². The van der Waals surface area contributed by atoms with E-state index in [-0.39, 0.29) is 24.1 Å². The maximum absolute atomic E-state index is 13.2. The summed E-state index contributed by atoms with van der Waals surface area (Å²) in [6.07, 6.45) is 4.68. The number of aromatic nitrogens is 3. The number of carbonyl (C=O) groups excluding carboxylic acids is 2. The fourth-order valence-electron chi connectivity index (χ4n) is 4.95. The zero-order valence-electron chi connectivity index (χ0n) is 20.5. The first-order chi connectivity index (χ1) is 18.2. The Labute approximate surface area is 217 Å². The standard InChI is InChI=1S/C27H23F2N7O2/c1-16-6-22(35-5-4-27(15-31,25(35)38)21-2-3-21)10-23(34-16)24(37)32-12-18-7-17(11-30)8-19(9-18)20-13-33-36(14-20)26(28)29/h6-10,13-14,21,26H,2-5,12H2,1H3,(H,32,37)/t27-/m1/s1. The van der Waals surface area contributed by atoms with E-state index >= 15 is 0 Å². The first-order valence-electron chi connectivity index (χ1n) is 12.1. The Morgan fingerprint density at radius 1 is 1.21 bits per heavy atom. The molecule has 0 unspecified atom stereocenters. The van der Waals surface area contributed by atoms with E-state index < -0.39 is 17.9 Å². The van der Waals surface area contributed by atoms with E-state index in [0.29, 0.717) is 51.3 Å². The van der Waals surface area contributed by atoms with Crippen molar-refractivity contribution in [3.63, 3.8) is 0 Å². The third-order valence-corrected chi connectivity index (χ3v) is 7.02. The molecule has 5 rings (SSSR count). The van der Waals surface area contributed by atoms with E-state index in [9.17, 15) is 28.9 Å². The number of nitrogens with one attached hydrogen (secondary N) is 1. The Morgan fingerprint density at radius 3 is 2.66 bits per heavy atom. The van der Waals surface area contributed by atoms with Gasteiger partial charge in [0.2, 0.25) is 5.91 Å². The van der Waals surface area contributed by atoms with Gasteiger partial charge < -0.3 is 10.2 Å². The highest BCUT2D eigenvalue weighted by Gasteiger charge is 2.56. The summed E-state index contributed by atoms with van der Waals surface area (Å²) in [5, 5.41) is 25.6. The maximum atomic E-state index is 13.2. The van der Waals surface area contributed by atoms with Gasteiger partial charge in [0.1, 0.15) is 11.1 Å². The number of rotatable bonds is 7. The molecule has 1 atom stereocenters. The molecule has 0 bridgehead atoms. The Kier molecular flexibility index (Phi) is 6.37. The molecule has 192 valence electrons. The van der Waals surface area contributed by atoms with Gasteiger partial charge in [0.25, 0.3) is 5.91 Å². The zero-order valence-corrected chi connectivity index (χ0v) is 20.5. The molecule has 1 saturated heterocycles. The second-order valence-corrected chi connectivity index (χ2v) is 9.62. The Morgan fingerprint density at radius 2 is 2.00 bits per heavy atom. The van der Waals surface area contributed by atoms with Crippen LogP contribution in [0.15, 0.2) is 42.7 Å². The number of aryl methyl sites for hydroxylation is 1. The topological polar surface area (TPSA) is 128 Å². The van der Waals surface area contributed by atoms with Crippen LogP contribution in [0.25, 0.3) is 11.1 Å². The van der Waals surface area contributed by atoms with Crippen LogP contribution in [0.4, 0.5) is 14.5 Å². The second-order valence-electron chi connectivity index (χ2n) is 9.62. The van der Waals surface area contributed by atoms with Crippen molar-refractivity contribution in [3.05, 3.63) is 65.2 Å². The molecule has 1 N–H and O–H groups in total. The van der Waals surface area contributed by atoms with Crippen LogP contribution in [0.3, 0.4) is 0 Å². The molecular formula is C27H23F2N7O2. The van der Waals surface area contributed by atoms with Gasteiger partial charge in [-0.15, -0.1) is 0 Å². The van der Waals surface area contributed by atoms with Crippen molar-refractivity contribution in [1.29, 1.82) is 10.5 Å². The third kappa shape index (κ3) is 4.59. The number of amides is 2. The molecule has 0 radical (unpaired) electrons. The molecule has 11 heteroatoms. The molecule has 2 aromatic heterocycles. The Balaban J connectivity index is 1.34. The predicted molar refractivity (Wildman–Crippen MR) is 132 cm³/mol. The van der Waals surface area contributed by atoms with E-state index in [1.54, 1.807) is 36.1 Å². The monoisotopic (exact) mass is 515 g/mol. The molecule has 3 heterocycles. The van der Waals surface area contributed by atoms with Crippen molar-refractivity contribution in [1.82, 2.24) is 20.1 Å². The summed E-state index contributed by atoms with van der Waals surface area (Å²) in [4.78, 5) is 32.1. The number of anilines is 1. The number of pyridine rings is 1. The summed E-state index contributed by atoms with van der Waals surface area (Å²) < 4.78 is 26.4. The minimum atomic E-state index is -2.78. The highest BCUT2D eigenvalue weighted by molar-refractivity contribution is 6.03. The molecule has 2 fully saturated rings. The van der Waals surface area contributed by atoms with Crippen LogP contribution >= 0.6 is 0 Å². The van der Waals surface area contributed by atoms with Crippen LogP contribution in [-0.4, -0.2) is 33.1 Å². The molecule has 2 amide bonds. The first-order valence-corrected chi connectivity index (χ1v) is 12.1. The molecule has 1 saturated carbocycles. The fraction of sp³-hybridized carbons (Fsp3) is 0.333. The summed E-state index contributed by atoms with van der Waals surface area (Å²) in [5.41, 5.74) is 2.01. The molecule has 3 aromatic rings. The van der Waals surface area contributed by atoms with Gasteiger partial charge in [0.05, 0.1) is 23.9 Å². The smallest absolute Gasteiger partial charge is 0.333 e. The Hall–Kier alpha value is -4.64. The molecule has 1 aliphatic heterocycles. The lowest BCUT2D eigenvalue weighted by molar-refractivity contribution is -0.123. The summed E-state index contributed by atoms with van der Waals surface area (Å²) in [5.74, 6) is -0.616. The SMILES string of the molecule is Cc1cc(N2CC[C@@](C#N)(C3CC3)C2=O)cc(C(=O)NCc2cc(C#N)cc(-c3cnn(C(F)F)c3)c2)n1. The highest BCUT2D eigenvalue weighted by Crippen LogP contribution is 2.51. The van der Waals surface area contributed by atoms with Crippen LogP contribution in [0.5, 0.6) is 0 Å². The van der Waals surface area contributed by atoms with Crippen molar-refractivity contribution in [3.8, 4) is 23.3 Å². The number of alkyl halides is 2. The van der Waals surface area contributed by atoms with E-state index in [1.165, 1.54) is 18.5 Å². The predicted octanol–water partition coefficient (Wildman–Crippen LogP) is 4.11. The third-order valence-electron chi connectivity index (χ3n) is 7.02. The molecule has 1 aromatic carbocycles. The summed E-state index contributed by atoms with van der Waals surface area (Å²) in [6, 6.07) is 12.4. The van der Waals surface area contributed by atoms with Gasteiger partial charge in [-0.2, -0.15) is 24.4 Å². The number of hydrogen-bond donors (Lipinski definition) is 1. The molecule has 9 nitrogen and oxygen atoms in total. The number of nitrogens with zero attached hydrogens (tertiary/aromatic N) is 6. The van der Waals surface area contributed by atoms with Gasteiger partial charge in [-0.05, 0) is 73.6 Å². The number of benzene rings is 1. The summed E-state index contributed by atoms with van der Waals surface area (Å²) >= 11 is 0. The van der Waals surface area contributed by atoms with Crippen LogP contribution in [0.1, 0.15) is 53.1 Å². The lowest BCUT2D eigenvalue weighted by Gasteiger charge is -2.21. The van der Waals surface area contributed by atoms with E-state index in [2.05, 4.69) is 21.5 Å². The number of carbonyl (C=O) groups is 2. The van der Waals surface area contributed by atoms with Gasteiger partial charge in [-0.25, -0.2) is 9.67 Å². The number of nitriles is 2. The quantitative estimate of drug-likeness (QED) is 0.505. The fourth-order valence-corrected chi connectivity index (χ4v) is 4.95. The maximum Gasteiger partial charge on any atom is 0.333 e. The van der Waals surface area contributed by atoms with Gasteiger partial charge in [-0.1, -0.05) is 0 Å². The van der Waals surface area contributed by atoms with Crippen molar-refractivity contribution >= 4 is 17.5 Å². The molecular weight excluding hydrogens is 492 g/mol. The molecule has 38 heavy (non-hydrogen) atoms. The van der Waals surface area contributed by atoms with Crippen molar-refractivity contribution < 1.29 is 18.4 Å². The van der Waals surface area contributed by atoms with Gasteiger partial charge in [0.15, 0.2) is 0 Å². The average Bonchev–Trinajstić information content (AvgIpc) is 3.53. The summed E-state index contributed by atoms with van der Waals surface area (Å²) in [6.45, 7) is -0.605. The normalized spacial score (nSPS) is 18.9. The zero-order chi connectivity index (χ0) is 27.0. The van der Waals surface area contributed by atoms with Crippen LogP contribution in [0.2, 0.25) is 0 Å². The largest absolute Gasteiger partial charge is 0.347 e. The first kappa shape index (κ1) is 25.0. The minimum absolute atomic E-state index is 0.0527. The average molecular weight is 516 g/mol. The van der Waals surface area contributed by atoms with E-state index in [1.807, 2.05) is 6.07 Å². The van der Waals surface area contributed by atoms with E-state index in [4.69, 9.17) is 0 Å². The lowest BCUT2D eigenvalue weighted by Crippen LogP contribution is -2.35. The lowest BCUT2D eigenvalue weighted by atomic mass is 9.83. The van der Waals surface area contributed by atoms with Crippen LogP contribution < -0.4 is 10.2 Å². The number of halogens is 2. The van der Waals surface area contributed by atoms with Crippen molar-refractivity contribution in [2.24, 2.45) is 11.3 Å². The number of hydrogen-bond acceptors (Lipinski definition) is 6. The Bertz CT molecular complexity index is 1520. The highest BCUT2D eigenvalue weighted by atomic mass is 19.3. The van der Waals surface area contributed by atoms with Crippen LogP contribution in [-0.2, 0) is 11.3 Å². The second kappa shape index (κ2) is 9.67. The van der Waals surface area contributed by atoms with Gasteiger partial charge in [0, 0.05) is 36.2 Å².